The summed E-state index contributed by atoms with van der Waals surface area (Å²) in [4.78, 5) is 9.26. The van der Waals surface area contributed by atoms with Crippen molar-refractivity contribution in [2.45, 2.75) is 58.4 Å². The van der Waals surface area contributed by atoms with Crippen LogP contribution in [0.25, 0.3) is 0 Å². The Labute approximate surface area is 127 Å². The SMILES string of the molecule is CCCNc1cc(NC2(C)CCOCC2)nc(CCC)n1. The molecule has 5 heteroatoms. The number of aryl methyl sites for hydroxylation is 1. The zero-order valence-electron chi connectivity index (χ0n) is 13.5. The highest BCUT2D eigenvalue weighted by Gasteiger charge is 2.27. The fourth-order valence-corrected chi connectivity index (χ4v) is 2.50. The van der Waals surface area contributed by atoms with Crippen molar-refractivity contribution in [3.8, 4) is 0 Å². The molecule has 0 spiro atoms. The number of rotatable bonds is 7. The zero-order chi connectivity index (χ0) is 15.1. The molecule has 118 valence electrons. The minimum atomic E-state index is 0.0676. The van der Waals surface area contributed by atoms with Crippen molar-refractivity contribution < 1.29 is 4.74 Å². The van der Waals surface area contributed by atoms with Gasteiger partial charge in [0.15, 0.2) is 0 Å². The van der Waals surface area contributed by atoms with E-state index in [-0.39, 0.29) is 5.54 Å². The molecule has 0 bridgehead atoms. The maximum Gasteiger partial charge on any atom is 0.133 e. The van der Waals surface area contributed by atoms with Crippen LogP contribution in [-0.2, 0) is 11.2 Å². The molecule has 0 radical (unpaired) electrons. The lowest BCUT2D eigenvalue weighted by molar-refractivity contribution is 0.0657. The molecule has 1 aliphatic rings. The van der Waals surface area contributed by atoms with Gasteiger partial charge in [-0.3, -0.25) is 0 Å². The molecule has 0 unspecified atom stereocenters. The van der Waals surface area contributed by atoms with Crippen LogP contribution in [0.15, 0.2) is 6.07 Å². The van der Waals surface area contributed by atoms with Crippen LogP contribution in [0.3, 0.4) is 0 Å². The van der Waals surface area contributed by atoms with Gasteiger partial charge in [-0.25, -0.2) is 9.97 Å². The molecule has 1 saturated heterocycles. The maximum absolute atomic E-state index is 5.46. The number of aromatic nitrogens is 2. The second-order valence-corrected chi connectivity index (χ2v) is 6.03. The van der Waals surface area contributed by atoms with Crippen molar-refractivity contribution in [3.63, 3.8) is 0 Å². The lowest BCUT2D eigenvalue weighted by atomic mass is 9.92. The normalized spacial score (nSPS) is 17.5. The summed E-state index contributed by atoms with van der Waals surface area (Å²) in [6.07, 6.45) is 5.08. The van der Waals surface area contributed by atoms with Gasteiger partial charge >= 0.3 is 0 Å². The second-order valence-electron chi connectivity index (χ2n) is 6.03. The van der Waals surface area contributed by atoms with E-state index in [4.69, 9.17) is 4.74 Å². The Morgan fingerprint density at radius 3 is 2.52 bits per heavy atom. The maximum atomic E-state index is 5.46. The second kappa shape index (κ2) is 7.59. The predicted octanol–water partition coefficient (Wildman–Crippen LogP) is 3.23. The summed E-state index contributed by atoms with van der Waals surface area (Å²) < 4.78 is 5.46. The average Bonchev–Trinajstić information content (AvgIpc) is 2.45. The van der Waals surface area contributed by atoms with Crippen LogP contribution >= 0.6 is 0 Å². The van der Waals surface area contributed by atoms with Gasteiger partial charge in [0, 0.05) is 37.8 Å². The summed E-state index contributed by atoms with van der Waals surface area (Å²) in [5, 5.41) is 6.97. The molecule has 0 amide bonds. The van der Waals surface area contributed by atoms with Crippen LogP contribution in [-0.4, -0.2) is 35.3 Å². The summed E-state index contributed by atoms with van der Waals surface area (Å²) in [6, 6.07) is 2.02. The molecule has 2 heterocycles. The largest absolute Gasteiger partial charge is 0.381 e. The molecule has 2 N–H and O–H groups in total. The third-order valence-corrected chi connectivity index (χ3v) is 3.83. The van der Waals surface area contributed by atoms with Gasteiger partial charge in [-0.05, 0) is 32.6 Å². The van der Waals surface area contributed by atoms with E-state index in [2.05, 4.69) is 41.4 Å². The van der Waals surface area contributed by atoms with Crippen molar-refractivity contribution in [1.29, 1.82) is 0 Å². The van der Waals surface area contributed by atoms with E-state index in [1.54, 1.807) is 0 Å². The van der Waals surface area contributed by atoms with Gasteiger partial charge in [-0.1, -0.05) is 13.8 Å². The van der Waals surface area contributed by atoms with Crippen molar-refractivity contribution in [1.82, 2.24) is 9.97 Å². The van der Waals surface area contributed by atoms with E-state index in [1.807, 2.05) is 6.07 Å². The summed E-state index contributed by atoms with van der Waals surface area (Å²) in [5.41, 5.74) is 0.0676. The molecule has 0 aromatic carbocycles. The quantitative estimate of drug-likeness (QED) is 0.808. The number of nitrogens with zero attached hydrogens (tertiary/aromatic N) is 2. The topological polar surface area (TPSA) is 59.1 Å². The number of nitrogens with one attached hydrogen (secondary N) is 2. The summed E-state index contributed by atoms with van der Waals surface area (Å²) >= 11 is 0. The molecule has 0 saturated carbocycles. The minimum Gasteiger partial charge on any atom is -0.381 e. The fourth-order valence-electron chi connectivity index (χ4n) is 2.50. The van der Waals surface area contributed by atoms with Crippen molar-refractivity contribution in [2.75, 3.05) is 30.4 Å². The Morgan fingerprint density at radius 1 is 1.14 bits per heavy atom. The standard InChI is InChI=1S/C16H28N4O/c1-4-6-13-18-14(17-9-5-2)12-15(19-13)20-16(3)7-10-21-11-8-16/h12H,4-11H2,1-3H3,(H2,17,18,19,20). The first-order chi connectivity index (χ1) is 10.1. The van der Waals surface area contributed by atoms with Crippen LogP contribution < -0.4 is 10.6 Å². The van der Waals surface area contributed by atoms with Crippen molar-refractivity contribution in [3.05, 3.63) is 11.9 Å². The molecule has 2 rings (SSSR count). The van der Waals surface area contributed by atoms with E-state index in [1.165, 1.54) is 0 Å². The third kappa shape index (κ3) is 4.84. The van der Waals surface area contributed by atoms with Crippen molar-refractivity contribution in [2.24, 2.45) is 0 Å². The van der Waals surface area contributed by atoms with E-state index >= 15 is 0 Å². The Bertz CT molecular complexity index is 444. The number of anilines is 2. The van der Waals surface area contributed by atoms with Gasteiger partial charge in [-0.2, -0.15) is 0 Å². The summed E-state index contributed by atoms with van der Waals surface area (Å²) in [5.74, 6) is 2.77. The number of hydrogen-bond donors (Lipinski definition) is 2. The molecule has 5 nitrogen and oxygen atoms in total. The van der Waals surface area contributed by atoms with E-state index < -0.39 is 0 Å². The lowest BCUT2D eigenvalue weighted by Crippen LogP contribution is -2.41. The molecular formula is C16H28N4O. The van der Waals surface area contributed by atoms with Crippen LogP contribution in [0.4, 0.5) is 11.6 Å². The number of ether oxygens (including phenoxy) is 1. The Balaban J connectivity index is 2.14. The van der Waals surface area contributed by atoms with Crippen LogP contribution in [0.5, 0.6) is 0 Å². The molecule has 1 fully saturated rings. The molecular weight excluding hydrogens is 264 g/mol. The minimum absolute atomic E-state index is 0.0676. The van der Waals surface area contributed by atoms with Gasteiger partial charge in [0.1, 0.15) is 17.5 Å². The zero-order valence-corrected chi connectivity index (χ0v) is 13.5. The Morgan fingerprint density at radius 2 is 1.86 bits per heavy atom. The molecule has 1 aromatic rings. The fraction of sp³-hybridized carbons (Fsp3) is 0.750. The van der Waals surface area contributed by atoms with Crippen LogP contribution in [0.2, 0.25) is 0 Å². The molecule has 1 aliphatic heterocycles. The first-order valence-corrected chi connectivity index (χ1v) is 8.13. The smallest absolute Gasteiger partial charge is 0.133 e. The molecule has 0 aliphatic carbocycles. The Hall–Kier alpha value is -1.36. The van der Waals surface area contributed by atoms with Gasteiger partial charge in [0.25, 0.3) is 0 Å². The van der Waals surface area contributed by atoms with Gasteiger partial charge in [0.05, 0.1) is 0 Å². The lowest BCUT2D eigenvalue weighted by Gasteiger charge is -2.35. The average molecular weight is 292 g/mol. The first kappa shape index (κ1) is 16.0. The van der Waals surface area contributed by atoms with Gasteiger partial charge in [0.2, 0.25) is 0 Å². The summed E-state index contributed by atoms with van der Waals surface area (Å²) in [6.45, 7) is 9.13. The highest BCUT2D eigenvalue weighted by molar-refractivity contribution is 5.49. The van der Waals surface area contributed by atoms with Crippen LogP contribution in [0.1, 0.15) is 52.3 Å². The van der Waals surface area contributed by atoms with E-state index in [0.717, 1.165) is 69.3 Å². The van der Waals surface area contributed by atoms with Gasteiger partial charge < -0.3 is 15.4 Å². The van der Waals surface area contributed by atoms with Gasteiger partial charge in [-0.15, -0.1) is 0 Å². The number of hydrogen-bond acceptors (Lipinski definition) is 5. The molecule has 1 aromatic heterocycles. The molecule has 0 atom stereocenters. The monoisotopic (exact) mass is 292 g/mol. The highest BCUT2D eigenvalue weighted by atomic mass is 16.5. The van der Waals surface area contributed by atoms with E-state index in [0.29, 0.717) is 0 Å². The Kier molecular flexibility index (Phi) is 5.79. The third-order valence-electron chi connectivity index (χ3n) is 3.83. The van der Waals surface area contributed by atoms with Crippen molar-refractivity contribution >= 4 is 11.6 Å². The predicted molar refractivity (Wildman–Crippen MR) is 86.9 cm³/mol. The molecule has 21 heavy (non-hydrogen) atoms. The van der Waals surface area contributed by atoms with Crippen LogP contribution in [0, 0.1) is 0 Å². The van der Waals surface area contributed by atoms with E-state index in [9.17, 15) is 0 Å². The first-order valence-electron chi connectivity index (χ1n) is 8.13. The highest BCUT2D eigenvalue weighted by Crippen LogP contribution is 2.25. The summed E-state index contributed by atoms with van der Waals surface area (Å²) in [7, 11) is 0.